The molecule has 1 aromatic rings. The second-order valence-electron chi connectivity index (χ2n) is 4.16. The first-order valence-corrected chi connectivity index (χ1v) is 6.27. The van der Waals surface area contributed by atoms with Crippen molar-refractivity contribution < 1.29 is 4.74 Å². The fourth-order valence-corrected chi connectivity index (χ4v) is 2.06. The van der Waals surface area contributed by atoms with E-state index in [-0.39, 0.29) is 6.04 Å². The summed E-state index contributed by atoms with van der Waals surface area (Å²) in [6.07, 6.45) is 1.96. The van der Waals surface area contributed by atoms with Gasteiger partial charge in [0, 0.05) is 13.2 Å². The van der Waals surface area contributed by atoms with E-state index in [1.54, 1.807) is 7.11 Å². The van der Waals surface area contributed by atoms with Gasteiger partial charge >= 0.3 is 0 Å². The Labute approximate surface area is 108 Å². The first-order valence-electron chi connectivity index (χ1n) is 5.89. The van der Waals surface area contributed by atoms with E-state index in [9.17, 15) is 0 Å². The summed E-state index contributed by atoms with van der Waals surface area (Å²) in [5.41, 5.74) is 7.67. The topological polar surface area (TPSA) is 47.3 Å². The lowest BCUT2D eigenvalue weighted by molar-refractivity contribution is 0.182. The number of hydrogen-bond acceptors (Lipinski definition) is 3. The summed E-state index contributed by atoms with van der Waals surface area (Å²) in [6.45, 7) is 3.40. The van der Waals surface area contributed by atoms with Crippen LogP contribution >= 0.6 is 11.6 Å². The van der Waals surface area contributed by atoms with Gasteiger partial charge in [0.1, 0.15) is 0 Å². The summed E-state index contributed by atoms with van der Waals surface area (Å²) < 4.78 is 5.21. The quantitative estimate of drug-likeness (QED) is 0.789. The van der Waals surface area contributed by atoms with E-state index in [0.717, 1.165) is 29.1 Å². The van der Waals surface area contributed by atoms with Gasteiger partial charge in [-0.25, -0.2) is 0 Å². The number of benzene rings is 1. The first-order chi connectivity index (χ1) is 8.19. The fraction of sp³-hybridized carbons (Fsp3) is 0.538. The Kier molecular flexibility index (Phi) is 6.34. The number of nitrogens with two attached hydrogens (primary N) is 1. The van der Waals surface area contributed by atoms with Crippen LogP contribution in [-0.2, 0) is 4.74 Å². The maximum Gasteiger partial charge on any atom is 0.0664 e. The van der Waals surface area contributed by atoms with Crippen LogP contribution in [0.5, 0.6) is 0 Å². The number of nitrogens with one attached hydrogen (secondary N) is 1. The molecule has 0 aliphatic carbocycles. The molecular weight excluding hydrogens is 236 g/mol. The molecule has 0 aliphatic heterocycles. The Morgan fingerprint density at radius 3 is 2.82 bits per heavy atom. The lowest BCUT2D eigenvalue weighted by atomic mass is 10.1. The van der Waals surface area contributed by atoms with Gasteiger partial charge < -0.3 is 15.8 Å². The van der Waals surface area contributed by atoms with Gasteiger partial charge in [-0.15, -0.1) is 0 Å². The van der Waals surface area contributed by atoms with Gasteiger partial charge in [-0.1, -0.05) is 23.7 Å². The summed E-state index contributed by atoms with van der Waals surface area (Å²) in [4.78, 5) is 0. The van der Waals surface area contributed by atoms with Crippen molar-refractivity contribution in [3.8, 4) is 0 Å². The van der Waals surface area contributed by atoms with E-state index in [2.05, 4.69) is 5.32 Å². The molecule has 17 heavy (non-hydrogen) atoms. The van der Waals surface area contributed by atoms with Gasteiger partial charge in [0.2, 0.25) is 0 Å². The van der Waals surface area contributed by atoms with Crippen LogP contribution in [0, 0.1) is 6.92 Å². The number of para-hydroxylation sites is 1. The van der Waals surface area contributed by atoms with E-state index >= 15 is 0 Å². The van der Waals surface area contributed by atoms with E-state index < -0.39 is 0 Å². The van der Waals surface area contributed by atoms with Crippen LogP contribution in [0.3, 0.4) is 0 Å². The first kappa shape index (κ1) is 14.3. The smallest absolute Gasteiger partial charge is 0.0664 e. The van der Waals surface area contributed by atoms with Gasteiger partial charge in [-0.05, 0) is 37.9 Å². The number of rotatable bonds is 7. The summed E-state index contributed by atoms with van der Waals surface area (Å²) >= 11 is 6.18. The molecule has 1 aromatic carbocycles. The molecule has 0 aromatic heterocycles. The van der Waals surface area contributed by atoms with E-state index in [0.29, 0.717) is 13.2 Å². The normalized spacial score (nSPS) is 12.5. The molecule has 0 radical (unpaired) electrons. The van der Waals surface area contributed by atoms with E-state index in [4.69, 9.17) is 22.1 Å². The minimum absolute atomic E-state index is 0.252. The SMILES string of the molecule is COCC(CCCN)Nc1c(C)cccc1Cl. The van der Waals surface area contributed by atoms with Crippen molar-refractivity contribution in [1.29, 1.82) is 0 Å². The highest BCUT2D eigenvalue weighted by Gasteiger charge is 2.11. The van der Waals surface area contributed by atoms with Crippen molar-refractivity contribution in [3.63, 3.8) is 0 Å². The predicted molar refractivity (Wildman–Crippen MR) is 73.8 cm³/mol. The van der Waals surface area contributed by atoms with Gasteiger partial charge in [0.15, 0.2) is 0 Å². The molecular formula is C13H21ClN2O. The molecule has 0 saturated heterocycles. The molecule has 0 aliphatic rings. The number of ether oxygens (including phenoxy) is 1. The van der Waals surface area contributed by atoms with Crippen LogP contribution in [-0.4, -0.2) is 26.3 Å². The van der Waals surface area contributed by atoms with Crippen LogP contribution in [0.25, 0.3) is 0 Å². The molecule has 3 nitrogen and oxygen atoms in total. The van der Waals surface area contributed by atoms with Crippen molar-refractivity contribution in [2.45, 2.75) is 25.8 Å². The van der Waals surface area contributed by atoms with Gasteiger partial charge in [0.05, 0.1) is 17.3 Å². The largest absolute Gasteiger partial charge is 0.383 e. The number of halogens is 1. The molecule has 0 bridgehead atoms. The molecule has 3 N–H and O–H groups in total. The summed E-state index contributed by atoms with van der Waals surface area (Å²) in [7, 11) is 1.70. The maximum absolute atomic E-state index is 6.18. The monoisotopic (exact) mass is 256 g/mol. The van der Waals surface area contributed by atoms with Crippen LogP contribution < -0.4 is 11.1 Å². The minimum Gasteiger partial charge on any atom is -0.383 e. The fourth-order valence-electron chi connectivity index (χ4n) is 1.78. The van der Waals surface area contributed by atoms with Crippen molar-refractivity contribution in [1.82, 2.24) is 0 Å². The number of anilines is 1. The number of aryl methyl sites for hydroxylation is 1. The summed E-state index contributed by atoms with van der Waals surface area (Å²) in [5, 5.41) is 4.19. The highest BCUT2D eigenvalue weighted by molar-refractivity contribution is 6.33. The molecule has 0 saturated carbocycles. The minimum atomic E-state index is 0.252. The zero-order valence-corrected chi connectivity index (χ0v) is 11.3. The van der Waals surface area contributed by atoms with Crippen molar-refractivity contribution in [2.75, 3.05) is 25.6 Å². The highest BCUT2D eigenvalue weighted by atomic mass is 35.5. The maximum atomic E-state index is 6.18. The summed E-state index contributed by atoms with van der Waals surface area (Å²) in [6, 6.07) is 6.14. The average molecular weight is 257 g/mol. The van der Waals surface area contributed by atoms with Crippen molar-refractivity contribution in [2.24, 2.45) is 5.73 Å². The van der Waals surface area contributed by atoms with Gasteiger partial charge in [0.25, 0.3) is 0 Å². The molecule has 1 rings (SSSR count). The number of methoxy groups -OCH3 is 1. The van der Waals surface area contributed by atoms with Crippen LogP contribution in [0.2, 0.25) is 5.02 Å². The van der Waals surface area contributed by atoms with Gasteiger partial charge in [-0.2, -0.15) is 0 Å². The van der Waals surface area contributed by atoms with Crippen molar-refractivity contribution in [3.05, 3.63) is 28.8 Å². The highest BCUT2D eigenvalue weighted by Crippen LogP contribution is 2.26. The number of hydrogen-bond donors (Lipinski definition) is 2. The Morgan fingerprint density at radius 2 is 2.24 bits per heavy atom. The Balaban J connectivity index is 2.70. The van der Waals surface area contributed by atoms with Gasteiger partial charge in [-0.3, -0.25) is 0 Å². The lowest BCUT2D eigenvalue weighted by Crippen LogP contribution is -2.26. The van der Waals surface area contributed by atoms with Crippen LogP contribution in [0.1, 0.15) is 18.4 Å². The Morgan fingerprint density at radius 1 is 1.47 bits per heavy atom. The molecule has 96 valence electrons. The zero-order valence-electron chi connectivity index (χ0n) is 10.5. The molecule has 0 amide bonds. The van der Waals surface area contributed by atoms with E-state index in [1.807, 2.05) is 25.1 Å². The van der Waals surface area contributed by atoms with Crippen molar-refractivity contribution >= 4 is 17.3 Å². The third-order valence-corrected chi connectivity index (χ3v) is 3.01. The molecule has 0 heterocycles. The predicted octanol–water partition coefficient (Wildman–Crippen LogP) is 2.81. The third-order valence-electron chi connectivity index (χ3n) is 2.69. The average Bonchev–Trinajstić information content (AvgIpc) is 2.31. The van der Waals surface area contributed by atoms with E-state index in [1.165, 1.54) is 0 Å². The third kappa shape index (κ3) is 4.54. The Bertz CT molecular complexity index is 324. The molecule has 1 atom stereocenters. The Hall–Kier alpha value is -0.770. The van der Waals surface area contributed by atoms with Crippen LogP contribution in [0.4, 0.5) is 5.69 Å². The summed E-state index contributed by atoms with van der Waals surface area (Å²) in [5.74, 6) is 0. The lowest BCUT2D eigenvalue weighted by Gasteiger charge is -2.21. The second-order valence-corrected chi connectivity index (χ2v) is 4.57. The second kappa shape index (κ2) is 7.54. The molecule has 0 fully saturated rings. The molecule has 4 heteroatoms. The van der Waals surface area contributed by atoms with Crippen LogP contribution in [0.15, 0.2) is 18.2 Å². The zero-order chi connectivity index (χ0) is 12.7. The molecule has 1 unspecified atom stereocenters. The molecule has 0 spiro atoms. The standard InChI is InChI=1S/C13H21ClN2O/c1-10-5-3-7-12(14)13(10)16-11(9-17-2)6-4-8-15/h3,5,7,11,16H,4,6,8-9,15H2,1-2H3.